The van der Waals surface area contributed by atoms with E-state index in [0.717, 1.165) is 0 Å². The molecule has 23 heavy (non-hydrogen) atoms. The average molecular weight is 304 g/mol. The van der Waals surface area contributed by atoms with Crippen molar-refractivity contribution in [2.45, 2.75) is 18.7 Å². The maximum atomic E-state index is 6.06. The van der Waals surface area contributed by atoms with Gasteiger partial charge in [0.1, 0.15) is 12.2 Å². The second kappa shape index (κ2) is 4.90. The summed E-state index contributed by atoms with van der Waals surface area (Å²) in [5.41, 5.74) is 4.81. The number of hydrogen-bond acceptors (Lipinski definition) is 3. The summed E-state index contributed by atoms with van der Waals surface area (Å²) in [4.78, 5) is 0. The molecule has 1 heterocycles. The monoisotopic (exact) mass is 304 g/mol. The van der Waals surface area contributed by atoms with E-state index in [-0.39, 0.29) is 12.2 Å². The number of methoxy groups -OCH3 is 1. The van der Waals surface area contributed by atoms with E-state index in [1.165, 1.54) is 33.0 Å². The second-order valence-corrected chi connectivity index (χ2v) is 5.97. The van der Waals surface area contributed by atoms with Crippen molar-refractivity contribution in [2.24, 2.45) is 0 Å². The van der Waals surface area contributed by atoms with Crippen LogP contribution in [0.2, 0.25) is 0 Å². The standard InChI is InChI=1S/C20H16O3/c1-21-20-22-18-16-9-5-4-8-14(16)15-11-10-12-6-2-3-7-13(12)17(15)19(18)23-20/h2-11,18-20H,1H3. The van der Waals surface area contributed by atoms with E-state index in [4.69, 9.17) is 14.2 Å². The quantitative estimate of drug-likeness (QED) is 0.658. The molecule has 1 fully saturated rings. The number of hydrogen-bond donors (Lipinski definition) is 0. The van der Waals surface area contributed by atoms with Crippen molar-refractivity contribution < 1.29 is 14.2 Å². The summed E-state index contributed by atoms with van der Waals surface area (Å²) in [6.45, 7) is -0.622. The van der Waals surface area contributed by atoms with Crippen molar-refractivity contribution in [2.75, 3.05) is 7.11 Å². The molecule has 114 valence electrons. The van der Waals surface area contributed by atoms with Gasteiger partial charge >= 0.3 is 0 Å². The molecule has 3 aromatic rings. The largest absolute Gasteiger partial charge is 0.333 e. The zero-order chi connectivity index (χ0) is 15.4. The lowest BCUT2D eigenvalue weighted by Crippen LogP contribution is -2.15. The van der Waals surface area contributed by atoms with Crippen LogP contribution in [0.5, 0.6) is 0 Å². The van der Waals surface area contributed by atoms with Crippen molar-refractivity contribution in [3.05, 3.63) is 71.8 Å². The Balaban J connectivity index is 1.85. The zero-order valence-corrected chi connectivity index (χ0v) is 12.7. The molecular weight excluding hydrogens is 288 g/mol. The van der Waals surface area contributed by atoms with Crippen molar-refractivity contribution in [3.8, 4) is 11.1 Å². The number of benzene rings is 3. The lowest BCUT2D eigenvalue weighted by Gasteiger charge is -2.29. The third kappa shape index (κ3) is 1.81. The van der Waals surface area contributed by atoms with E-state index in [9.17, 15) is 0 Å². The van der Waals surface area contributed by atoms with E-state index >= 15 is 0 Å². The van der Waals surface area contributed by atoms with Gasteiger partial charge in [0.2, 0.25) is 0 Å². The smallest absolute Gasteiger partial charge is 0.272 e. The van der Waals surface area contributed by atoms with Crippen LogP contribution in [-0.4, -0.2) is 13.6 Å². The predicted octanol–water partition coefficient (Wildman–Crippen LogP) is 4.58. The highest BCUT2D eigenvalue weighted by Crippen LogP contribution is 2.53. The fraction of sp³-hybridized carbons (Fsp3) is 0.200. The first-order chi connectivity index (χ1) is 11.4. The van der Waals surface area contributed by atoms with Gasteiger partial charge in [-0.25, -0.2) is 0 Å². The summed E-state index contributed by atoms with van der Waals surface area (Å²) in [5.74, 6) is 0. The third-order valence-electron chi connectivity index (χ3n) is 4.80. The van der Waals surface area contributed by atoms with Gasteiger partial charge in [-0.3, -0.25) is 0 Å². The van der Waals surface area contributed by atoms with Crippen LogP contribution in [0.3, 0.4) is 0 Å². The van der Waals surface area contributed by atoms with Crippen LogP contribution < -0.4 is 0 Å². The van der Waals surface area contributed by atoms with E-state index < -0.39 is 6.48 Å². The molecule has 5 rings (SSSR count). The first-order valence-corrected chi connectivity index (χ1v) is 7.81. The van der Waals surface area contributed by atoms with Crippen molar-refractivity contribution in [3.63, 3.8) is 0 Å². The molecular formula is C20H16O3. The minimum Gasteiger partial charge on any atom is -0.333 e. The molecule has 1 saturated heterocycles. The summed E-state index contributed by atoms with van der Waals surface area (Å²) in [6.07, 6.45) is -0.273. The van der Waals surface area contributed by atoms with Crippen molar-refractivity contribution in [1.29, 1.82) is 0 Å². The molecule has 0 aromatic heterocycles. The first-order valence-electron chi connectivity index (χ1n) is 7.81. The highest BCUT2D eigenvalue weighted by molar-refractivity contribution is 5.94. The molecule has 3 atom stereocenters. The molecule has 0 saturated carbocycles. The van der Waals surface area contributed by atoms with Gasteiger partial charge in [0.05, 0.1) is 0 Å². The van der Waals surface area contributed by atoms with Crippen molar-refractivity contribution >= 4 is 10.8 Å². The topological polar surface area (TPSA) is 27.7 Å². The van der Waals surface area contributed by atoms with Gasteiger partial charge in [0.25, 0.3) is 6.48 Å². The molecule has 2 aliphatic rings. The Morgan fingerprint density at radius 1 is 0.783 bits per heavy atom. The second-order valence-electron chi connectivity index (χ2n) is 5.97. The molecule has 3 unspecified atom stereocenters. The first kappa shape index (κ1) is 13.3. The van der Waals surface area contributed by atoms with Crippen LogP contribution in [0.15, 0.2) is 60.7 Å². The maximum Gasteiger partial charge on any atom is 0.272 e. The highest BCUT2D eigenvalue weighted by atomic mass is 16.9. The van der Waals surface area contributed by atoms with E-state index in [1.807, 2.05) is 6.07 Å². The normalized spacial score (nSPS) is 25.0. The molecule has 3 nitrogen and oxygen atoms in total. The van der Waals surface area contributed by atoms with Gasteiger partial charge in [0.15, 0.2) is 0 Å². The number of ether oxygens (including phenoxy) is 3. The van der Waals surface area contributed by atoms with Gasteiger partial charge in [0, 0.05) is 7.11 Å². The molecule has 0 amide bonds. The van der Waals surface area contributed by atoms with Crippen molar-refractivity contribution in [1.82, 2.24) is 0 Å². The summed E-state index contributed by atoms with van der Waals surface area (Å²) in [5, 5.41) is 2.43. The number of rotatable bonds is 1. The van der Waals surface area contributed by atoms with Gasteiger partial charge in [-0.05, 0) is 33.0 Å². The van der Waals surface area contributed by atoms with Crippen LogP contribution in [0, 0.1) is 0 Å². The molecule has 1 aliphatic carbocycles. The summed E-state index contributed by atoms with van der Waals surface area (Å²) < 4.78 is 17.4. The fourth-order valence-corrected chi connectivity index (χ4v) is 3.81. The fourth-order valence-electron chi connectivity index (χ4n) is 3.81. The van der Waals surface area contributed by atoms with Crippen LogP contribution >= 0.6 is 0 Å². The van der Waals surface area contributed by atoms with Gasteiger partial charge < -0.3 is 14.2 Å². The van der Waals surface area contributed by atoms with E-state index in [2.05, 4.69) is 54.6 Å². The molecule has 3 aromatic carbocycles. The molecule has 0 spiro atoms. The molecule has 3 heteroatoms. The molecule has 0 N–H and O–H groups in total. The average Bonchev–Trinajstić information content (AvgIpc) is 3.06. The lowest BCUT2D eigenvalue weighted by atomic mass is 9.80. The minimum absolute atomic E-state index is 0.130. The Labute approximate surface area is 134 Å². The summed E-state index contributed by atoms with van der Waals surface area (Å²) in [7, 11) is 1.61. The van der Waals surface area contributed by atoms with Gasteiger partial charge in [-0.2, -0.15) is 0 Å². The maximum absolute atomic E-state index is 6.06. The Bertz CT molecular complexity index is 902. The SMILES string of the molecule is COC1OC2c3ccccc3-c3ccc4ccccc4c3C2O1. The lowest BCUT2D eigenvalue weighted by molar-refractivity contribution is -0.229. The predicted molar refractivity (Wildman–Crippen MR) is 87.8 cm³/mol. The Kier molecular flexibility index (Phi) is 2.82. The van der Waals surface area contributed by atoms with Gasteiger partial charge in [-0.1, -0.05) is 60.7 Å². The van der Waals surface area contributed by atoms with Crippen LogP contribution in [0.4, 0.5) is 0 Å². The van der Waals surface area contributed by atoms with E-state index in [1.54, 1.807) is 7.11 Å². The molecule has 0 bridgehead atoms. The van der Waals surface area contributed by atoms with Crippen LogP contribution in [-0.2, 0) is 14.2 Å². The van der Waals surface area contributed by atoms with E-state index in [0.29, 0.717) is 0 Å². The van der Waals surface area contributed by atoms with Crippen LogP contribution in [0.25, 0.3) is 21.9 Å². The summed E-state index contributed by atoms with van der Waals surface area (Å²) >= 11 is 0. The van der Waals surface area contributed by atoms with Crippen LogP contribution in [0.1, 0.15) is 23.3 Å². The highest BCUT2D eigenvalue weighted by Gasteiger charge is 2.44. The third-order valence-corrected chi connectivity index (χ3v) is 4.80. The Hall–Kier alpha value is -2.20. The molecule has 0 radical (unpaired) electrons. The summed E-state index contributed by atoms with van der Waals surface area (Å²) in [6, 6.07) is 21.2. The number of fused-ring (bicyclic) bond motifs is 8. The Morgan fingerprint density at radius 2 is 1.57 bits per heavy atom. The molecule has 1 aliphatic heterocycles. The Morgan fingerprint density at radius 3 is 2.48 bits per heavy atom. The zero-order valence-electron chi connectivity index (χ0n) is 12.7. The van der Waals surface area contributed by atoms with Gasteiger partial charge in [-0.15, -0.1) is 0 Å². The minimum atomic E-state index is -0.622.